The van der Waals surface area contributed by atoms with E-state index in [2.05, 4.69) is 15.5 Å². The molecule has 1 aromatic heterocycles. The smallest absolute Gasteiger partial charge is 0.237 e. The molecule has 6 nitrogen and oxygen atoms in total. The molecule has 0 radical (unpaired) electrons. The Morgan fingerprint density at radius 1 is 1.45 bits per heavy atom. The summed E-state index contributed by atoms with van der Waals surface area (Å²) in [5.74, 6) is 0.701. The zero-order chi connectivity index (χ0) is 14.8. The van der Waals surface area contributed by atoms with E-state index < -0.39 is 0 Å². The molecule has 0 fully saturated rings. The summed E-state index contributed by atoms with van der Waals surface area (Å²) in [4.78, 5) is 13.9. The molecule has 0 bridgehead atoms. The quantitative estimate of drug-likeness (QED) is 0.610. The van der Waals surface area contributed by atoms with Crippen LogP contribution in [0.3, 0.4) is 0 Å². The Morgan fingerprint density at radius 2 is 2.25 bits per heavy atom. The van der Waals surface area contributed by atoms with Gasteiger partial charge in [0.2, 0.25) is 5.91 Å². The van der Waals surface area contributed by atoms with Gasteiger partial charge in [-0.25, -0.2) is 0 Å². The van der Waals surface area contributed by atoms with Crippen LogP contribution in [0.1, 0.15) is 12.7 Å². The summed E-state index contributed by atoms with van der Waals surface area (Å²) in [7, 11) is 4.01. The van der Waals surface area contributed by atoms with Crippen LogP contribution in [0, 0.1) is 0 Å². The van der Waals surface area contributed by atoms with Gasteiger partial charge in [-0.1, -0.05) is 0 Å². The number of furan rings is 1. The van der Waals surface area contributed by atoms with Crippen LogP contribution in [0.15, 0.2) is 22.8 Å². The van der Waals surface area contributed by atoms with Crippen LogP contribution in [-0.4, -0.2) is 57.2 Å². The largest absolute Gasteiger partial charge is 0.467 e. The molecule has 0 spiro atoms. The van der Waals surface area contributed by atoms with Crippen LogP contribution in [0.5, 0.6) is 0 Å². The van der Waals surface area contributed by atoms with Crippen molar-refractivity contribution in [1.29, 1.82) is 0 Å². The summed E-state index contributed by atoms with van der Waals surface area (Å²) in [6, 6.07) is 3.38. The zero-order valence-corrected chi connectivity index (χ0v) is 12.5. The Hall–Kier alpha value is -1.37. The lowest BCUT2D eigenvalue weighted by molar-refractivity contribution is -0.123. The van der Waals surface area contributed by atoms with E-state index in [4.69, 9.17) is 9.15 Å². The highest BCUT2D eigenvalue weighted by molar-refractivity contribution is 5.81. The molecule has 114 valence electrons. The van der Waals surface area contributed by atoms with E-state index in [1.807, 2.05) is 27.1 Å². The van der Waals surface area contributed by atoms with Gasteiger partial charge in [-0.05, 0) is 33.2 Å². The molecule has 1 unspecified atom stereocenters. The van der Waals surface area contributed by atoms with Crippen molar-refractivity contribution in [2.24, 2.45) is 0 Å². The van der Waals surface area contributed by atoms with Gasteiger partial charge in [-0.2, -0.15) is 0 Å². The van der Waals surface area contributed by atoms with E-state index in [1.54, 1.807) is 12.3 Å². The fraction of sp³-hybridized carbons (Fsp3) is 0.643. The number of hydrogen-bond donors (Lipinski definition) is 2. The SMILES string of the molecule is CC(NCCOCCN(C)C)C(=O)NCc1ccco1. The number of carbonyl (C=O) groups is 1. The van der Waals surface area contributed by atoms with Crippen LogP contribution in [0.4, 0.5) is 0 Å². The molecular formula is C14H25N3O3. The third-order valence-electron chi connectivity index (χ3n) is 2.79. The fourth-order valence-electron chi connectivity index (χ4n) is 1.53. The second-order valence-corrected chi connectivity index (χ2v) is 4.89. The van der Waals surface area contributed by atoms with Crippen molar-refractivity contribution in [1.82, 2.24) is 15.5 Å². The van der Waals surface area contributed by atoms with Crippen molar-refractivity contribution in [3.8, 4) is 0 Å². The topological polar surface area (TPSA) is 66.7 Å². The molecule has 20 heavy (non-hydrogen) atoms. The first-order chi connectivity index (χ1) is 9.59. The van der Waals surface area contributed by atoms with Crippen molar-refractivity contribution >= 4 is 5.91 Å². The van der Waals surface area contributed by atoms with Gasteiger partial charge in [0.15, 0.2) is 0 Å². The van der Waals surface area contributed by atoms with Crippen molar-refractivity contribution in [2.75, 3.05) is 40.4 Å². The van der Waals surface area contributed by atoms with Crippen LogP contribution in [0.2, 0.25) is 0 Å². The minimum absolute atomic E-state index is 0.0466. The molecular weight excluding hydrogens is 258 g/mol. The van der Waals surface area contributed by atoms with E-state index >= 15 is 0 Å². The highest BCUT2D eigenvalue weighted by Gasteiger charge is 2.11. The van der Waals surface area contributed by atoms with Gasteiger partial charge < -0.3 is 24.7 Å². The number of likely N-dealkylation sites (N-methyl/N-ethyl adjacent to an activating group) is 1. The lowest BCUT2D eigenvalue weighted by atomic mass is 10.3. The number of hydrogen-bond acceptors (Lipinski definition) is 5. The van der Waals surface area contributed by atoms with Gasteiger partial charge in [0.25, 0.3) is 0 Å². The lowest BCUT2D eigenvalue weighted by Gasteiger charge is -2.14. The Kier molecular flexibility index (Phi) is 7.94. The molecule has 1 amide bonds. The normalized spacial score (nSPS) is 12.6. The maximum absolute atomic E-state index is 11.8. The predicted octanol–water partition coefficient (Wildman–Crippen LogP) is 0.452. The maximum Gasteiger partial charge on any atom is 0.237 e. The second kappa shape index (κ2) is 9.52. The summed E-state index contributed by atoms with van der Waals surface area (Å²) in [6.07, 6.45) is 1.59. The fourth-order valence-corrected chi connectivity index (χ4v) is 1.53. The van der Waals surface area contributed by atoms with Crippen LogP contribution in [-0.2, 0) is 16.1 Å². The predicted molar refractivity (Wildman–Crippen MR) is 77.4 cm³/mol. The summed E-state index contributed by atoms with van der Waals surface area (Å²) >= 11 is 0. The third-order valence-corrected chi connectivity index (χ3v) is 2.79. The average molecular weight is 283 g/mol. The zero-order valence-electron chi connectivity index (χ0n) is 12.5. The maximum atomic E-state index is 11.8. The molecule has 1 aromatic rings. The van der Waals surface area contributed by atoms with Gasteiger partial charge in [-0.3, -0.25) is 4.79 Å². The van der Waals surface area contributed by atoms with E-state index in [0.717, 1.165) is 12.3 Å². The molecule has 1 heterocycles. The summed E-state index contributed by atoms with van der Waals surface area (Å²) < 4.78 is 10.6. The van der Waals surface area contributed by atoms with Crippen LogP contribution in [0.25, 0.3) is 0 Å². The Morgan fingerprint density at radius 3 is 2.90 bits per heavy atom. The summed E-state index contributed by atoms with van der Waals surface area (Å²) in [5, 5.41) is 5.93. The van der Waals surface area contributed by atoms with Crippen molar-refractivity contribution < 1.29 is 13.9 Å². The number of amides is 1. The van der Waals surface area contributed by atoms with E-state index in [-0.39, 0.29) is 11.9 Å². The summed E-state index contributed by atoms with van der Waals surface area (Å²) in [5.41, 5.74) is 0. The number of ether oxygens (including phenoxy) is 1. The van der Waals surface area contributed by atoms with E-state index in [9.17, 15) is 4.79 Å². The Bertz CT molecular complexity index is 366. The van der Waals surface area contributed by atoms with Crippen molar-refractivity contribution in [3.05, 3.63) is 24.2 Å². The van der Waals surface area contributed by atoms with Crippen molar-refractivity contribution in [2.45, 2.75) is 19.5 Å². The van der Waals surface area contributed by atoms with Crippen LogP contribution >= 0.6 is 0 Å². The second-order valence-electron chi connectivity index (χ2n) is 4.89. The van der Waals surface area contributed by atoms with Crippen LogP contribution < -0.4 is 10.6 Å². The molecule has 0 saturated heterocycles. The average Bonchev–Trinajstić information content (AvgIpc) is 2.92. The first-order valence-electron chi connectivity index (χ1n) is 6.85. The van der Waals surface area contributed by atoms with Gasteiger partial charge in [0.1, 0.15) is 5.76 Å². The van der Waals surface area contributed by atoms with E-state index in [1.165, 1.54) is 0 Å². The standard InChI is InChI=1S/C14H25N3O3/c1-12(15-6-9-19-10-7-17(2)3)14(18)16-11-13-5-4-8-20-13/h4-5,8,12,15H,6-7,9-11H2,1-3H3,(H,16,18). The number of carbonyl (C=O) groups excluding carboxylic acids is 1. The van der Waals surface area contributed by atoms with Gasteiger partial charge in [0.05, 0.1) is 32.1 Å². The lowest BCUT2D eigenvalue weighted by Crippen LogP contribution is -2.43. The number of nitrogens with one attached hydrogen (secondary N) is 2. The molecule has 1 atom stereocenters. The molecule has 0 aliphatic rings. The first kappa shape index (κ1) is 16.7. The summed E-state index contributed by atoms with van der Waals surface area (Å²) in [6.45, 7) is 5.10. The monoisotopic (exact) mass is 283 g/mol. The molecule has 0 aromatic carbocycles. The van der Waals surface area contributed by atoms with E-state index in [0.29, 0.717) is 26.3 Å². The highest BCUT2D eigenvalue weighted by atomic mass is 16.5. The molecule has 0 aliphatic heterocycles. The number of nitrogens with zero attached hydrogens (tertiary/aromatic N) is 1. The Balaban J connectivity index is 2.03. The highest BCUT2D eigenvalue weighted by Crippen LogP contribution is 1.98. The minimum Gasteiger partial charge on any atom is -0.467 e. The first-order valence-corrected chi connectivity index (χ1v) is 6.85. The minimum atomic E-state index is -0.248. The number of rotatable bonds is 10. The van der Waals surface area contributed by atoms with Gasteiger partial charge in [-0.15, -0.1) is 0 Å². The van der Waals surface area contributed by atoms with Crippen molar-refractivity contribution in [3.63, 3.8) is 0 Å². The molecule has 6 heteroatoms. The Labute approximate surface area is 120 Å². The molecule has 1 rings (SSSR count). The third kappa shape index (κ3) is 7.28. The molecule has 2 N–H and O–H groups in total. The van der Waals surface area contributed by atoms with Gasteiger partial charge >= 0.3 is 0 Å². The molecule has 0 saturated carbocycles. The van der Waals surface area contributed by atoms with Gasteiger partial charge in [0, 0.05) is 13.1 Å². The molecule has 0 aliphatic carbocycles.